The highest BCUT2D eigenvalue weighted by Crippen LogP contribution is 2.24. The summed E-state index contributed by atoms with van der Waals surface area (Å²) >= 11 is 1.37. The number of thioether (sulfide) groups is 1. The first-order valence-electron chi connectivity index (χ1n) is 9.43. The van der Waals surface area contributed by atoms with E-state index in [-0.39, 0.29) is 17.4 Å². The summed E-state index contributed by atoms with van der Waals surface area (Å²) in [5.41, 5.74) is 4.00. The van der Waals surface area contributed by atoms with Crippen LogP contribution >= 0.6 is 11.8 Å². The first-order valence-corrected chi connectivity index (χ1v) is 10.4. The molecule has 0 fully saturated rings. The van der Waals surface area contributed by atoms with Gasteiger partial charge in [0.1, 0.15) is 5.82 Å². The lowest BCUT2D eigenvalue weighted by Crippen LogP contribution is -2.23. The van der Waals surface area contributed by atoms with Gasteiger partial charge in [-0.3, -0.25) is 14.2 Å². The van der Waals surface area contributed by atoms with Gasteiger partial charge in [-0.2, -0.15) is 0 Å². The van der Waals surface area contributed by atoms with Crippen molar-refractivity contribution in [3.63, 3.8) is 0 Å². The van der Waals surface area contributed by atoms with Gasteiger partial charge < -0.3 is 5.32 Å². The van der Waals surface area contributed by atoms with Crippen molar-refractivity contribution in [2.24, 2.45) is 0 Å². The Kier molecular flexibility index (Phi) is 6.82. The Morgan fingerprint density at radius 1 is 1.03 bits per heavy atom. The molecule has 0 atom stereocenters. The maximum atomic E-state index is 12.5. The zero-order valence-corrected chi connectivity index (χ0v) is 17.6. The predicted molar refractivity (Wildman–Crippen MR) is 115 cm³/mol. The summed E-state index contributed by atoms with van der Waals surface area (Å²) in [6, 6.07) is 15.4. The number of benzene rings is 2. The molecule has 29 heavy (non-hydrogen) atoms. The molecule has 1 amide bonds. The molecule has 0 bridgehead atoms. The third-order valence-electron chi connectivity index (χ3n) is 4.60. The van der Waals surface area contributed by atoms with Gasteiger partial charge in [-0.15, -0.1) is 10.2 Å². The number of aryl methyl sites for hydroxylation is 2. The van der Waals surface area contributed by atoms with Gasteiger partial charge in [0, 0.05) is 31.1 Å². The van der Waals surface area contributed by atoms with Crippen LogP contribution in [0.15, 0.2) is 53.7 Å². The Morgan fingerprint density at radius 2 is 1.79 bits per heavy atom. The molecule has 7 heteroatoms. The molecule has 0 spiro atoms. The molecule has 0 unspecified atom stereocenters. The zero-order valence-electron chi connectivity index (χ0n) is 16.8. The van der Waals surface area contributed by atoms with E-state index in [1.165, 1.54) is 29.8 Å². The van der Waals surface area contributed by atoms with Gasteiger partial charge >= 0.3 is 0 Å². The van der Waals surface area contributed by atoms with Crippen LogP contribution in [-0.2, 0) is 11.2 Å². The summed E-state index contributed by atoms with van der Waals surface area (Å²) in [5, 5.41) is 12.1. The maximum Gasteiger partial charge on any atom is 0.216 e. The van der Waals surface area contributed by atoms with Crippen LogP contribution in [-0.4, -0.2) is 38.8 Å². The van der Waals surface area contributed by atoms with E-state index in [9.17, 15) is 9.59 Å². The van der Waals surface area contributed by atoms with Crippen molar-refractivity contribution in [1.29, 1.82) is 0 Å². The van der Waals surface area contributed by atoms with Crippen molar-refractivity contribution in [3.8, 4) is 5.69 Å². The number of nitrogens with zero attached hydrogens (tertiary/aromatic N) is 3. The molecule has 2 aromatic carbocycles. The third kappa shape index (κ3) is 5.32. The molecule has 3 aromatic rings. The fourth-order valence-corrected chi connectivity index (χ4v) is 3.73. The van der Waals surface area contributed by atoms with Crippen LogP contribution in [0, 0.1) is 13.8 Å². The first kappa shape index (κ1) is 20.8. The summed E-state index contributed by atoms with van der Waals surface area (Å²) in [5.74, 6) is 0.991. The number of amides is 1. The summed E-state index contributed by atoms with van der Waals surface area (Å²) < 4.78 is 1.97. The molecular weight excluding hydrogens is 384 g/mol. The standard InChI is InChI=1S/C22H24N4O2S/c1-15-9-10-19(13-16(15)2)26-21(11-12-23-17(3)27)24-25-22(26)29-14-20(28)18-7-5-4-6-8-18/h4-10,13H,11-12,14H2,1-3H3,(H,23,27). The summed E-state index contributed by atoms with van der Waals surface area (Å²) in [4.78, 5) is 23.7. The molecule has 1 N–H and O–H groups in total. The maximum absolute atomic E-state index is 12.5. The van der Waals surface area contributed by atoms with Gasteiger partial charge in [0.25, 0.3) is 0 Å². The quantitative estimate of drug-likeness (QED) is 0.456. The number of ketones is 1. The van der Waals surface area contributed by atoms with Gasteiger partial charge in [-0.05, 0) is 37.1 Å². The molecular formula is C22H24N4O2S. The van der Waals surface area contributed by atoms with E-state index in [1.807, 2.05) is 41.0 Å². The van der Waals surface area contributed by atoms with Crippen LogP contribution < -0.4 is 5.32 Å². The second-order valence-electron chi connectivity index (χ2n) is 6.81. The largest absolute Gasteiger partial charge is 0.356 e. The van der Waals surface area contributed by atoms with Crippen LogP contribution in [0.3, 0.4) is 0 Å². The number of Topliss-reactive ketones (excluding diaryl/α,β-unsaturated/α-hetero) is 1. The Labute approximate surface area is 174 Å². The van der Waals surface area contributed by atoms with Gasteiger partial charge in [0.05, 0.1) is 5.75 Å². The molecule has 6 nitrogen and oxygen atoms in total. The third-order valence-corrected chi connectivity index (χ3v) is 5.53. The number of carbonyl (C=O) groups excluding carboxylic acids is 2. The second-order valence-corrected chi connectivity index (χ2v) is 7.76. The van der Waals surface area contributed by atoms with E-state index in [1.54, 1.807) is 0 Å². The van der Waals surface area contributed by atoms with Gasteiger partial charge in [-0.25, -0.2) is 0 Å². The predicted octanol–water partition coefficient (Wildman–Crippen LogP) is 3.54. The number of aromatic nitrogens is 3. The topological polar surface area (TPSA) is 76.9 Å². The Balaban J connectivity index is 1.85. The van der Waals surface area contributed by atoms with Crippen molar-refractivity contribution in [2.45, 2.75) is 32.3 Å². The molecule has 0 aliphatic heterocycles. The average molecular weight is 409 g/mol. The Hall–Kier alpha value is -2.93. The fourth-order valence-electron chi connectivity index (χ4n) is 2.87. The van der Waals surface area contributed by atoms with Crippen LogP contribution in [0.5, 0.6) is 0 Å². The second kappa shape index (κ2) is 9.52. The number of hydrogen-bond donors (Lipinski definition) is 1. The lowest BCUT2D eigenvalue weighted by Gasteiger charge is -2.12. The van der Waals surface area contributed by atoms with Gasteiger partial charge in [0.15, 0.2) is 10.9 Å². The van der Waals surface area contributed by atoms with Gasteiger partial charge in [-0.1, -0.05) is 48.2 Å². The molecule has 150 valence electrons. The van der Waals surface area contributed by atoms with E-state index in [4.69, 9.17) is 0 Å². The average Bonchev–Trinajstić information content (AvgIpc) is 3.11. The van der Waals surface area contributed by atoms with Crippen molar-refractivity contribution in [2.75, 3.05) is 12.3 Å². The van der Waals surface area contributed by atoms with Crippen LogP contribution in [0.25, 0.3) is 5.69 Å². The first-order chi connectivity index (χ1) is 14.0. The van der Waals surface area contributed by atoms with Crippen molar-refractivity contribution < 1.29 is 9.59 Å². The Morgan fingerprint density at radius 3 is 2.48 bits per heavy atom. The van der Waals surface area contributed by atoms with E-state index < -0.39 is 0 Å². The molecule has 0 aliphatic rings. The highest BCUT2D eigenvalue weighted by Gasteiger charge is 2.17. The fraction of sp³-hybridized carbons (Fsp3) is 0.273. The van der Waals surface area contributed by atoms with E-state index >= 15 is 0 Å². The monoisotopic (exact) mass is 408 g/mol. The van der Waals surface area contributed by atoms with Crippen LogP contribution in [0.4, 0.5) is 0 Å². The number of hydrogen-bond acceptors (Lipinski definition) is 5. The van der Waals surface area contributed by atoms with E-state index in [2.05, 4.69) is 41.5 Å². The minimum atomic E-state index is -0.0784. The minimum Gasteiger partial charge on any atom is -0.356 e. The number of rotatable bonds is 8. The molecule has 0 saturated heterocycles. The highest BCUT2D eigenvalue weighted by molar-refractivity contribution is 7.99. The molecule has 0 aliphatic carbocycles. The molecule has 1 aromatic heterocycles. The van der Waals surface area contributed by atoms with Crippen molar-refractivity contribution >= 4 is 23.5 Å². The lowest BCUT2D eigenvalue weighted by atomic mass is 10.1. The van der Waals surface area contributed by atoms with Crippen molar-refractivity contribution in [1.82, 2.24) is 20.1 Å². The van der Waals surface area contributed by atoms with Crippen LogP contribution in [0.1, 0.15) is 34.2 Å². The van der Waals surface area contributed by atoms with E-state index in [0.717, 1.165) is 11.5 Å². The summed E-state index contributed by atoms with van der Waals surface area (Å²) in [6.07, 6.45) is 0.548. The summed E-state index contributed by atoms with van der Waals surface area (Å²) in [6.45, 7) is 6.10. The highest BCUT2D eigenvalue weighted by atomic mass is 32.2. The molecule has 1 heterocycles. The normalized spacial score (nSPS) is 10.7. The summed E-state index contributed by atoms with van der Waals surface area (Å²) in [7, 11) is 0. The molecule has 0 saturated carbocycles. The zero-order chi connectivity index (χ0) is 20.8. The SMILES string of the molecule is CC(=O)NCCc1nnc(SCC(=O)c2ccccc2)n1-c1ccc(C)c(C)c1. The molecule has 0 radical (unpaired) electrons. The van der Waals surface area contributed by atoms with E-state index in [0.29, 0.717) is 23.7 Å². The lowest BCUT2D eigenvalue weighted by molar-refractivity contribution is -0.118. The number of carbonyl (C=O) groups is 2. The van der Waals surface area contributed by atoms with Crippen molar-refractivity contribution in [3.05, 3.63) is 71.0 Å². The van der Waals surface area contributed by atoms with Crippen LogP contribution in [0.2, 0.25) is 0 Å². The Bertz CT molecular complexity index is 1010. The smallest absolute Gasteiger partial charge is 0.216 e. The van der Waals surface area contributed by atoms with Gasteiger partial charge in [0.2, 0.25) is 5.91 Å². The molecule has 3 rings (SSSR count). The number of nitrogens with one attached hydrogen (secondary N) is 1. The minimum absolute atomic E-state index is 0.0463.